The second-order valence-electron chi connectivity index (χ2n) is 4.55. The highest BCUT2D eigenvalue weighted by Gasteiger charge is 2.20. The molecule has 5 heteroatoms. The van der Waals surface area contributed by atoms with Crippen molar-refractivity contribution in [2.45, 2.75) is 32.4 Å². The van der Waals surface area contributed by atoms with E-state index in [1.165, 1.54) is 12.1 Å². The fraction of sp³-hybridized carbons (Fsp3) is 0.462. The molecule has 4 nitrogen and oxygen atoms in total. The van der Waals surface area contributed by atoms with Gasteiger partial charge in [0.15, 0.2) is 0 Å². The molecule has 1 atom stereocenters. The van der Waals surface area contributed by atoms with Gasteiger partial charge in [0.25, 0.3) is 0 Å². The molecular formula is C13H18FNO3. The van der Waals surface area contributed by atoms with E-state index in [0.29, 0.717) is 12.1 Å². The highest BCUT2D eigenvalue weighted by molar-refractivity contribution is 5.87. The molecule has 0 aliphatic rings. The third-order valence-corrected chi connectivity index (χ3v) is 3.11. The lowest BCUT2D eigenvalue weighted by Crippen LogP contribution is -2.44. The second-order valence-corrected chi connectivity index (χ2v) is 4.55. The van der Waals surface area contributed by atoms with Crippen molar-refractivity contribution in [2.75, 3.05) is 6.61 Å². The van der Waals surface area contributed by atoms with Crippen LogP contribution in [-0.2, 0) is 6.54 Å². The highest BCUT2D eigenvalue weighted by atomic mass is 19.1. The molecule has 0 amide bonds. The zero-order chi connectivity index (χ0) is 13.8. The molecule has 1 aromatic rings. The number of carboxylic acid groups (broad SMARTS) is 1. The van der Waals surface area contributed by atoms with Crippen LogP contribution in [0.25, 0.3) is 0 Å². The molecule has 0 aliphatic heterocycles. The summed E-state index contributed by atoms with van der Waals surface area (Å²) in [5.41, 5.74) is -0.105. The normalized spacial score (nSPS) is 14.2. The third kappa shape index (κ3) is 3.51. The number of carboxylic acids is 1. The van der Waals surface area contributed by atoms with Gasteiger partial charge in [0, 0.05) is 12.1 Å². The first-order chi connectivity index (χ1) is 8.41. The topological polar surface area (TPSA) is 69.6 Å². The van der Waals surface area contributed by atoms with Crippen LogP contribution in [0.3, 0.4) is 0 Å². The van der Waals surface area contributed by atoms with Crippen LogP contribution in [0.5, 0.6) is 0 Å². The van der Waals surface area contributed by atoms with E-state index in [1.54, 1.807) is 6.07 Å². The molecule has 0 heterocycles. The van der Waals surface area contributed by atoms with Crippen molar-refractivity contribution in [1.82, 2.24) is 5.32 Å². The minimum atomic E-state index is -1.28. The fourth-order valence-electron chi connectivity index (χ4n) is 1.45. The number of carbonyl (C=O) groups is 1. The molecule has 0 aliphatic carbocycles. The second kappa shape index (κ2) is 5.93. The number of aromatic carboxylic acids is 1. The molecule has 1 rings (SSSR count). The predicted molar refractivity (Wildman–Crippen MR) is 66.0 cm³/mol. The zero-order valence-electron chi connectivity index (χ0n) is 10.5. The largest absolute Gasteiger partial charge is 0.478 e. The van der Waals surface area contributed by atoms with Gasteiger partial charge in [-0.15, -0.1) is 0 Å². The average molecular weight is 255 g/mol. The summed E-state index contributed by atoms with van der Waals surface area (Å²) in [5.74, 6) is -2.02. The summed E-state index contributed by atoms with van der Waals surface area (Å²) in [6.45, 7) is 4.17. The molecule has 100 valence electrons. The Morgan fingerprint density at radius 2 is 2.17 bits per heavy atom. The molecule has 3 N–H and O–H groups in total. The summed E-state index contributed by atoms with van der Waals surface area (Å²) in [5, 5.41) is 21.0. The Labute approximate surface area is 105 Å². The quantitative estimate of drug-likeness (QED) is 0.724. The summed E-state index contributed by atoms with van der Waals surface area (Å²) >= 11 is 0. The molecule has 0 fully saturated rings. The number of aliphatic hydroxyl groups excluding tert-OH is 1. The fourth-order valence-corrected chi connectivity index (χ4v) is 1.45. The summed E-state index contributed by atoms with van der Waals surface area (Å²) in [6.07, 6.45) is 0.735. The van der Waals surface area contributed by atoms with Crippen LogP contribution in [0.1, 0.15) is 36.2 Å². The first-order valence-corrected chi connectivity index (χ1v) is 5.79. The first kappa shape index (κ1) is 14.6. The van der Waals surface area contributed by atoms with Crippen molar-refractivity contribution < 1.29 is 19.4 Å². The molecule has 0 radical (unpaired) electrons. The lowest BCUT2D eigenvalue weighted by atomic mass is 9.99. The van der Waals surface area contributed by atoms with E-state index in [1.807, 2.05) is 13.8 Å². The maximum absolute atomic E-state index is 13.4. The first-order valence-electron chi connectivity index (χ1n) is 5.79. The Hall–Kier alpha value is -1.46. The maximum Gasteiger partial charge on any atom is 0.338 e. The van der Waals surface area contributed by atoms with Crippen LogP contribution < -0.4 is 5.32 Å². The molecule has 1 unspecified atom stereocenters. The van der Waals surface area contributed by atoms with Crippen LogP contribution in [-0.4, -0.2) is 28.3 Å². The number of benzene rings is 1. The summed E-state index contributed by atoms with van der Waals surface area (Å²) in [4.78, 5) is 10.7. The van der Waals surface area contributed by atoms with Gasteiger partial charge in [0.1, 0.15) is 5.82 Å². The SMILES string of the molecule is CCC(C)(CO)NCc1ccc(C(=O)O)c(F)c1. The van der Waals surface area contributed by atoms with Gasteiger partial charge >= 0.3 is 5.97 Å². The van der Waals surface area contributed by atoms with E-state index < -0.39 is 17.3 Å². The van der Waals surface area contributed by atoms with Gasteiger partial charge < -0.3 is 15.5 Å². The maximum atomic E-state index is 13.4. The van der Waals surface area contributed by atoms with Gasteiger partial charge in [-0.05, 0) is 31.0 Å². The predicted octanol–water partition coefficient (Wildman–Crippen LogP) is 1.77. The Kier molecular flexibility index (Phi) is 4.81. The monoisotopic (exact) mass is 255 g/mol. The van der Waals surface area contributed by atoms with Crippen molar-refractivity contribution in [1.29, 1.82) is 0 Å². The molecule has 0 saturated carbocycles. The van der Waals surface area contributed by atoms with E-state index >= 15 is 0 Å². The average Bonchev–Trinajstić information content (AvgIpc) is 2.35. The van der Waals surface area contributed by atoms with E-state index in [4.69, 9.17) is 5.11 Å². The van der Waals surface area contributed by atoms with Gasteiger partial charge in [-0.2, -0.15) is 0 Å². The summed E-state index contributed by atoms with van der Waals surface area (Å²) in [6, 6.07) is 4.01. The summed E-state index contributed by atoms with van der Waals surface area (Å²) in [7, 11) is 0. The number of hydrogen-bond donors (Lipinski definition) is 3. The third-order valence-electron chi connectivity index (χ3n) is 3.11. The Morgan fingerprint density at radius 1 is 1.50 bits per heavy atom. The number of hydrogen-bond acceptors (Lipinski definition) is 3. The Balaban J connectivity index is 2.75. The molecule has 0 spiro atoms. The smallest absolute Gasteiger partial charge is 0.338 e. The zero-order valence-corrected chi connectivity index (χ0v) is 10.5. The highest BCUT2D eigenvalue weighted by Crippen LogP contribution is 2.13. The van der Waals surface area contributed by atoms with E-state index in [2.05, 4.69) is 5.32 Å². The number of rotatable bonds is 6. The van der Waals surface area contributed by atoms with Gasteiger partial charge in [-0.25, -0.2) is 9.18 Å². The van der Waals surface area contributed by atoms with Gasteiger partial charge in [-0.1, -0.05) is 13.0 Å². The Morgan fingerprint density at radius 3 is 2.61 bits per heavy atom. The molecule has 0 bridgehead atoms. The standard InChI is InChI=1S/C13H18FNO3/c1-3-13(2,8-16)15-7-9-4-5-10(12(17)18)11(14)6-9/h4-6,15-16H,3,7-8H2,1-2H3,(H,17,18). The van der Waals surface area contributed by atoms with Crippen molar-refractivity contribution in [2.24, 2.45) is 0 Å². The number of halogens is 1. The molecule has 18 heavy (non-hydrogen) atoms. The number of aliphatic hydroxyl groups is 1. The van der Waals surface area contributed by atoms with Crippen molar-refractivity contribution in [3.05, 3.63) is 35.1 Å². The lowest BCUT2D eigenvalue weighted by Gasteiger charge is -2.27. The number of nitrogens with one attached hydrogen (secondary N) is 1. The molecule has 1 aromatic carbocycles. The van der Waals surface area contributed by atoms with Crippen molar-refractivity contribution in [3.8, 4) is 0 Å². The molecule has 0 aromatic heterocycles. The van der Waals surface area contributed by atoms with Gasteiger partial charge in [-0.3, -0.25) is 0 Å². The van der Waals surface area contributed by atoms with Crippen LogP contribution in [0, 0.1) is 5.82 Å². The van der Waals surface area contributed by atoms with Crippen LogP contribution >= 0.6 is 0 Å². The van der Waals surface area contributed by atoms with E-state index in [9.17, 15) is 14.3 Å². The van der Waals surface area contributed by atoms with Crippen LogP contribution in [0.15, 0.2) is 18.2 Å². The molecule has 0 saturated heterocycles. The summed E-state index contributed by atoms with van der Waals surface area (Å²) < 4.78 is 13.4. The lowest BCUT2D eigenvalue weighted by molar-refractivity contribution is 0.0692. The molecular weight excluding hydrogens is 237 g/mol. The van der Waals surface area contributed by atoms with Crippen molar-refractivity contribution >= 4 is 5.97 Å². The van der Waals surface area contributed by atoms with Gasteiger partial charge in [0.05, 0.1) is 12.2 Å². The van der Waals surface area contributed by atoms with Crippen molar-refractivity contribution in [3.63, 3.8) is 0 Å². The Bertz CT molecular complexity index is 430. The van der Waals surface area contributed by atoms with E-state index in [0.717, 1.165) is 6.42 Å². The van der Waals surface area contributed by atoms with Crippen LogP contribution in [0.4, 0.5) is 4.39 Å². The minimum absolute atomic E-state index is 0.0147. The van der Waals surface area contributed by atoms with Crippen LogP contribution in [0.2, 0.25) is 0 Å². The van der Waals surface area contributed by atoms with Gasteiger partial charge in [0.2, 0.25) is 0 Å². The minimum Gasteiger partial charge on any atom is -0.478 e. The van der Waals surface area contributed by atoms with E-state index in [-0.39, 0.29) is 12.2 Å².